The van der Waals surface area contributed by atoms with E-state index < -0.39 is 0 Å². The average Bonchev–Trinajstić information content (AvgIpc) is 2.85. The van der Waals surface area contributed by atoms with Gasteiger partial charge in [0.25, 0.3) is 0 Å². The van der Waals surface area contributed by atoms with Crippen molar-refractivity contribution in [2.24, 2.45) is 0 Å². The van der Waals surface area contributed by atoms with Crippen LogP contribution < -0.4 is 5.32 Å². The molecule has 0 amide bonds. The van der Waals surface area contributed by atoms with E-state index in [-0.39, 0.29) is 0 Å². The Morgan fingerprint density at radius 3 is 2.90 bits per heavy atom. The summed E-state index contributed by atoms with van der Waals surface area (Å²) in [6.07, 6.45) is 4.65. The molecule has 1 saturated heterocycles. The van der Waals surface area contributed by atoms with Crippen molar-refractivity contribution in [1.29, 1.82) is 0 Å². The fourth-order valence-corrected chi connectivity index (χ4v) is 3.07. The third kappa shape index (κ3) is 2.67. The minimum atomic E-state index is 0.493. The van der Waals surface area contributed by atoms with Crippen LogP contribution in [0.4, 0.5) is 0 Å². The number of nitrogens with one attached hydrogen (secondary N) is 1. The van der Waals surface area contributed by atoms with Gasteiger partial charge in [0.15, 0.2) is 0 Å². The van der Waals surface area contributed by atoms with Crippen molar-refractivity contribution in [2.45, 2.75) is 32.7 Å². The summed E-state index contributed by atoms with van der Waals surface area (Å²) >= 11 is 3.56. The van der Waals surface area contributed by atoms with Crippen molar-refractivity contribution in [3.8, 4) is 11.1 Å². The van der Waals surface area contributed by atoms with Crippen LogP contribution in [0.25, 0.3) is 11.1 Å². The highest BCUT2D eigenvalue weighted by atomic mass is 79.9. The number of benzene rings is 1. The summed E-state index contributed by atoms with van der Waals surface area (Å²) in [5.74, 6) is 0. The maximum atomic E-state index is 4.73. The van der Waals surface area contributed by atoms with Crippen LogP contribution in [0, 0.1) is 13.8 Å². The number of hydrogen-bond donors (Lipinski definition) is 1. The van der Waals surface area contributed by atoms with Gasteiger partial charge in [0.05, 0.1) is 11.7 Å². The largest absolute Gasteiger partial charge is 0.315 e. The van der Waals surface area contributed by atoms with Crippen LogP contribution in [0.2, 0.25) is 0 Å². The zero-order valence-electron chi connectivity index (χ0n) is 12.0. The highest BCUT2D eigenvalue weighted by molar-refractivity contribution is 9.10. The fourth-order valence-electron chi connectivity index (χ4n) is 2.82. The number of piperidine rings is 1. The molecule has 2 aromatic rings. The molecule has 4 heteroatoms. The number of aromatic nitrogens is 2. The number of hydrogen-bond acceptors (Lipinski definition) is 2. The Balaban J connectivity index is 1.93. The Bertz CT molecular complexity index is 612. The third-order valence-corrected chi connectivity index (χ3v) is 4.92. The molecule has 20 heavy (non-hydrogen) atoms. The number of aryl methyl sites for hydroxylation is 2. The van der Waals surface area contributed by atoms with Gasteiger partial charge in [-0.25, -0.2) is 0 Å². The van der Waals surface area contributed by atoms with Gasteiger partial charge in [0, 0.05) is 22.8 Å². The molecule has 1 aliphatic heterocycles. The molecular formula is C16H20BrN3. The second-order valence-corrected chi connectivity index (χ2v) is 6.43. The van der Waals surface area contributed by atoms with Crippen molar-refractivity contribution in [3.63, 3.8) is 0 Å². The molecule has 1 aliphatic rings. The van der Waals surface area contributed by atoms with Crippen molar-refractivity contribution < 1.29 is 0 Å². The topological polar surface area (TPSA) is 29.9 Å². The van der Waals surface area contributed by atoms with Crippen LogP contribution in [-0.4, -0.2) is 22.9 Å². The van der Waals surface area contributed by atoms with Gasteiger partial charge in [-0.2, -0.15) is 5.10 Å². The Morgan fingerprint density at radius 1 is 1.35 bits per heavy atom. The molecule has 0 spiro atoms. The zero-order valence-corrected chi connectivity index (χ0v) is 13.6. The third-order valence-electron chi connectivity index (χ3n) is 4.03. The summed E-state index contributed by atoms with van der Waals surface area (Å²) < 4.78 is 3.30. The molecule has 1 unspecified atom stereocenters. The molecule has 2 heterocycles. The van der Waals surface area contributed by atoms with E-state index in [1.54, 1.807) is 0 Å². The fraction of sp³-hybridized carbons (Fsp3) is 0.438. The van der Waals surface area contributed by atoms with Gasteiger partial charge in [-0.05, 0) is 50.4 Å². The van der Waals surface area contributed by atoms with Crippen molar-refractivity contribution in [1.82, 2.24) is 15.1 Å². The smallest absolute Gasteiger partial charge is 0.0672 e. The van der Waals surface area contributed by atoms with Crippen LogP contribution in [0.1, 0.15) is 30.1 Å². The minimum Gasteiger partial charge on any atom is -0.315 e. The van der Waals surface area contributed by atoms with E-state index in [1.165, 1.54) is 29.5 Å². The Morgan fingerprint density at radius 2 is 2.20 bits per heavy atom. The minimum absolute atomic E-state index is 0.493. The quantitative estimate of drug-likeness (QED) is 0.904. The first kappa shape index (κ1) is 13.8. The molecule has 1 N–H and O–H groups in total. The van der Waals surface area contributed by atoms with Crippen LogP contribution in [0.15, 0.2) is 28.9 Å². The highest BCUT2D eigenvalue weighted by Crippen LogP contribution is 2.28. The summed E-state index contributed by atoms with van der Waals surface area (Å²) in [6, 6.07) is 6.99. The number of rotatable bonds is 2. The van der Waals surface area contributed by atoms with E-state index in [0.717, 1.165) is 23.3 Å². The molecule has 0 bridgehead atoms. The van der Waals surface area contributed by atoms with Crippen LogP contribution in [0.5, 0.6) is 0 Å². The second-order valence-electron chi connectivity index (χ2n) is 5.57. The maximum absolute atomic E-state index is 4.73. The summed E-state index contributed by atoms with van der Waals surface area (Å²) in [7, 11) is 0. The van der Waals surface area contributed by atoms with Crippen molar-refractivity contribution >= 4 is 15.9 Å². The summed E-state index contributed by atoms with van der Waals surface area (Å²) in [6.45, 7) is 6.38. The second kappa shape index (κ2) is 5.70. The molecule has 1 atom stereocenters. The molecule has 3 rings (SSSR count). The van der Waals surface area contributed by atoms with Gasteiger partial charge in [0.1, 0.15) is 0 Å². The first-order chi connectivity index (χ1) is 9.65. The lowest BCUT2D eigenvalue weighted by Crippen LogP contribution is -2.31. The van der Waals surface area contributed by atoms with E-state index in [9.17, 15) is 0 Å². The van der Waals surface area contributed by atoms with E-state index in [2.05, 4.69) is 64.2 Å². The molecule has 0 aliphatic carbocycles. The van der Waals surface area contributed by atoms with Gasteiger partial charge in [-0.1, -0.05) is 28.1 Å². The van der Waals surface area contributed by atoms with Gasteiger partial charge >= 0.3 is 0 Å². The van der Waals surface area contributed by atoms with E-state index >= 15 is 0 Å². The zero-order chi connectivity index (χ0) is 14.1. The standard InChI is InChI=1S/C16H20BrN3/c1-11-8-13(5-6-16(11)17)15-10-20(19-12(15)2)14-4-3-7-18-9-14/h5-6,8,10,14,18H,3-4,7,9H2,1-2H3. The first-order valence-electron chi connectivity index (χ1n) is 7.18. The van der Waals surface area contributed by atoms with Crippen LogP contribution in [-0.2, 0) is 0 Å². The predicted octanol–water partition coefficient (Wildman–Crippen LogP) is 3.85. The maximum Gasteiger partial charge on any atom is 0.0672 e. The Kier molecular flexibility index (Phi) is 3.94. The monoisotopic (exact) mass is 333 g/mol. The summed E-state index contributed by atoms with van der Waals surface area (Å²) in [4.78, 5) is 0. The molecule has 0 saturated carbocycles. The molecule has 1 aromatic carbocycles. The van der Waals surface area contributed by atoms with Gasteiger partial charge in [0.2, 0.25) is 0 Å². The van der Waals surface area contributed by atoms with E-state index in [0.29, 0.717) is 6.04 Å². The lowest BCUT2D eigenvalue weighted by molar-refractivity contribution is 0.346. The number of nitrogens with zero attached hydrogens (tertiary/aromatic N) is 2. The Hall–Kier alpha value is -1.13. The van der Waals surface area contributed by atoms with Gasteiger partial charge in [-0.3, -0.25) is 4.68 Å². The predicted molar refractivity (Wildman–Crippen MR) is 86.0 cm³/mol. The first-order valence-corrected chi connectivity index (χ1v) is 7.97. The molecule has 0 radical (unpaired) electrons. The van der Waals surface area contributed by atoms with Crippen molar-refractivity contribution in [3.05, 3.63) is 40.1 Å². The molecule has 3 nitrogen and oxygen atoms in total. The van der Waals surface area contributed by atoms with Gasteiger partial charge in [-0.15, -0.1) is 0 Å². The summed E-state index contributed by atoms with van der Waals surface area (Å²) in [5, 5.41) is 8.18. The molecular weight excluding hydrogens is 314 g/mol. The van der Waals surface area contributed by atoms with E-state index in [4.69, 9.17) is 5.10 Å². The van der Waals surface area contributed by atoms with Crippen LogP contribution >= 0.6 is 15.9 Å². The van der Waals surface area contributed by atoms with Crippen LogP contribution in [0.3, 0.4) is 0 Å². The van der Waals surface area contributed by atoms with Gasteiger partial charge < -0.3 is 5.32 Å². The average molecular weight is 334 g/mol. The molecule has 1 fully saturated rings. The Labute approximate surface area is 128 Å². The SMILES string of the molecule is Cc1cc(-c2cn(C3CCCNC3)nc2C)ccc1Br. The molecule has 1 aromatic heterocycles. The number of halogens is 1. The lowest BCUT2D eigenvalue weighted by Gasteiger charge is -2.22. The normalized spacial score (nSPS) is 19.2. The highest BCUT2D eigenvalue weighted by Gasteiger charge is 2.17. The summed E-state index contributed by atoms with van der Waals surface area (Å²) in [5.41, 5.74) is 4.86. The van der Waals surface area contributed by atoms with E-state index in [1.807, 2.05) is 0 Å². The van der Waals surface area contributed by atoms with Crippen molar-refractivity contribution in [2.75, 3.05) is 13.1 Å². The molecule has 106 valence electrons. The lowest BCUT2D eigenvalue weighted by atomic mass is 10.0.